The Bertz CT molecular complexity index is 41.3. The van der Waals surface area contributed by atoms with Crippen molar-refractivity contribution >= 4 is 47.9 Å². The molecule has 0 saturated heterocycles. The topological polar surface area (TPSA) is 0 Å². The summed E-state index contributed by atoms with van der Waals surface area (Å²) in [6.45, 7) is 0. The molecule has 0 nitrogen and oxygen atoms in total. The molecule has 0 aromatic heterocycles. The van der Waals surface area contributed by atoms with Crippen LogP contribution in [0.15, 0.2) is 0 Å². The molecule has 0 aliphatic heterocycles. The first kappa shape index (κ1) is 13.3. The first-order valence-electron chi connectivity index (χ1n) is 0.630. The molecule has 0 N–H and O–H groups in total. The summed E-state index contributed by atoms with van der Waals surface area (Å²) in [5.74, 6) is 0. The molecule has 0 aliphatic carbocycles. The Hall–Kier alpha value is 3.74. The van der Waals surface area contributed by atoms with Crippen molar-refractivity contribution < 1.29 is 60.4 Å². The molecular weight excluding hydrogens is 409 g/mol. The van der Waals surface area contributed by atoms with Gasteiger partial charge in [-0.2, -0.15) is 0 Å². The van der Waals surface area contributed by atoms with Gasteiger partial charge < -0.3 is 0 Å². The standard InChI is InChI=1S/5ClH.Ir.K/h5*1H;;/q;;;;;+4;+1/p-5. The van der Waals surface area contributed by atoms with Crippen LogP contribution in [0.4, 0.5) is 0 Å². The molecule has 0 aliphatic rings. The van der Waals surface area contributed by atoms with Crippen LogP contribution in [0.5, 0.6) is 0 Å². The Morgan fingerprint density at radius 1 is 0.714 bits per heavy atom. The smallest absolute Gasteiger partial charge is 1.00 e. The fraction of sp³-hybridized carbons (Fsp3) is 0. The molecule has 0 rings (SSSR count). The van der Waals surface area contributed by atoms with Crippen LogP contribution in [-0.4, -0.2) is 0 Å². The number of rotatable bonds is 0. The zero-order valence-corrected chi connectivity index (χ0v) is 12.5. The quantitative estimate of drug-likeness (QED) is 0.511. The molecule has 0 aromatic rings. The van der Waals surface area contributed by atoms with Crippen molar-refractivity contribution in [3.8, 4) is 0 Å². The molecule has 0 heterocycles. The van der Waals surface area contributed by atoms with E-state index in [1.165, 1.54) is 0 Å². The van der Waals surface area contributed by atoms with Crippen LogP contribution in [0, 0.1) is 0 Å². The van der Waals surface area contributed by atoms with Gasteiger partial charge in [0.2, 0.25) is 0 Å². The van der Waals surface area contributed by atoms with E-state index in [-0.39, 0.29) is 51.4 Å². The first-order chi connectivity index (χ1) is 2.24. The summed E-state index contributed by atoms with van der Waals surface area (Å²) in [4.78, 5) is 0. The predicted molar refractivity (Wildman–Crippen MR) is 29.3 cm³/mol. The summed E-state index contributed by atoms with van der Waals surface area (Å²) in [5, 5.41) is 0. The summed E-state index contributed by atoms with van der Waals surface area (Å²) >= 11 is 0. The van der Waals surface area contributed by atoms with Gasteiger partial charge in [0.15, 0.2) is 0 Å². The van der Waals surface area contributed by atoms with Crippen molar-refractivity contribution in [2.45, 2.75) is 0 Å². The van der Waals surface area contributed by atoms with E-state index in [1.54, 1.807) is 0 Å². The fourth-order valence-corrected chi connectivity index (χ4v) is 0. The minimum absolute atomic E-state index is 0. The second kappa shape index (κ2) is 3.94. The Kier molecular flexibility index (Phi) is 7.50. The Balaban J connectivity index is 0. The summed E-state index contributed by atoms with van der Waals surface area (Å²) < 4.78 is 0. The maximum Gasteiger partial charge on any atom is 1.00 e. The molecule has 0 spiro atoms. The van der Waals surface area contributed by atoms with Crippen molar-refractivity contribution in [2.24, 2.45) is 0 Å². The van der Waals surface area contributed by atoms with E-state index in [2.05, 4.69) is 0 Å². The Morgan fingerprint density at radius 3 is 0.714 bits per heavy atom. The molecule has 0 unspecified atom stereocenters. The summed E-state index contributed by atoms with van der Waals surface area (Å²) in [6.07, 6.45) is 0. The third-order valence-corrected chi connectivity index (χ3v) is 0. The first-order valence-corrected chi connectivity index (χ1v) is 15.5. The Labute approximate surface area is 105 Å². The van der Waals surface area contributed by atoms with Crippen LogP contribution in [0.2, 0.25) is 0 Å². The van der Waals surface area contributed by atoms with E-state index < -0.39 is 9.02 Å². The largest absolute Gasteiger partial charge is 1.00 e. The molecule has 45 valence electrons. The molecule has 0 fully saturated rings. The van der Waals surface area contributed by atoms with Gasteiger partial charge in [0, 0.05) is 0 Å². The van der Waals surface area contributed by atoms with E-state index in [0.29, 0.717) is 0 Å². The molecule has 0 amide bonds. The van der Waals surface area contributed by atoms with Crippen LogP contribution in [0.1, 0.15) is 0 Å². The van der Waals surface area contributed by atoms with Crippen LogP contribution in [0.25, 0.3) is 0 Å². The van der Waals surface area contributed by atoms with Crippen molar-refractivity contribution in [3.05, 3.63) is 0 Å². The predicted octanol–water partition coefficient (Wildman–Crippen LogP) is 0.449. The third-order valence-electron chi connectivity index (χ3n) is 0. The van der Waals surface area contributed by atoms with Gasteiger partial charge in [-0.3, -0.25) is 0 Å². The van der Waals surface area contributed by atoms with Gasteiger partial charge in [-0.1, -0.05) is 0 Å². The maximum atomic E-state index is 5.04. The monoisotopic (exact) mass is 407 g/mol. The Morgan fingerprint density at radius 2 is 0.714 bits per heavy atom. The number of hydrogen-bond acceptors (Lipinski definition) is 0. The summed E-state index contributed by atoms with van der Waals surface area (Å²) in [5.41, 5.74) is 0. The van der Waals surface area contributed by atoms with Crippen LogP contribution in [-0.2, 0) is 9.02 Å². The average molecular weight is 409 g/mol. The van der Waals surface area contributed by atoms with E-state index in [1.807, 2.05) is 0 Å². The normalized spacial score (nSPS) is 16.4. The molecule has 7 heteroatoms. The summed E-state index contributed by atoms with van der Waals surface area (Å²) in [7, 11) is 21.0. The van der Waals surface area contributed by atoms with E-state index >= 15 is 0 Å². The van der Waals surface area contributed by atoms with E-state index in [0.717, 1.165) is 0 Å². The van der Waals surface area contributed by atoms with Gasteiger partial charge in [0.25, 0.3) is 0 Å². The van der Waals surface area contributed by atoms with Crippen LogP contribution in [0.3, 0.4) is 0 Å². The van der Waals surface area contributed by atoms with Gasteiger partial charge in [0.1, 0.15) is 0 Å². The van der Waals surface area contributed by atoms with E-state index in [9.17, 15) is 0 Å². The molecule has 0 aromatic carbocycles. The molecule has 0 atom stereocenters. The molecule has 7 heavy (non-hydrogen) atoms. The minimum Gasteiger partial charge on any atom is 1.00 e. The van der Waals surface area contributed by atoms with Gasteiger partial charge in [-0.25, -0.2) is 0 Å². The van der Waals surface area contributed by atoms with Crippen molar-refractivity contribution in [3.63, 3.8) is 0 Å². The van der Waals surface area contributed by atoms with Crippen LogP contribution >= 0.6 is 47.9 Å². The average Bonchev–Trinajstić information content (AvgIpc) is 0.650. The zero-order valence-electron chi connectivity index (χ0n) is 3.22. The van der Waals surface area contributed by atoms with Crippen LogP contribution < -0.4 is 51.4 Å². The van der Waals surface area contributed by atoms with E-state index in [4.69, 9.17) is 47.9 Å². The number of hydrogen-bond donors (Lipinski definition) is 0. The van der Waals surface area contributed by atoms with Crippen molar-refractivity contribution in [2.75, 3.05) is 0 Å². The SMILES string of the molecule is [Cl][Ir-]([Cl])([Cl])([Cl])[Cl].[K+]. The van der Waals surface area contributed by atoms with Gasteiger partial charge >= 0.3 is 108 Å². The fourth-order valence-electron chi connectivity index (χ4n) is 0. The van der Waals surface area contributed by atoms with Gasteiger partial charge in [-0.15, -0.1) is 0 Å². The second-order valence-electron chi connectivity index (χ2n) is 0.476. The minimum atomic E-state index is -4.24. The maximum absolute atomic E-state index is 5.04. The van der Waals surface area contributed by atoms with Gasteiger partial charge in [0.05, 0.1) is 0 Å². The molecule has 0 saturated carbocycles. The summed E-state index contributed by atoms with van der Waals surface area (Å²) in [6, 6.07) is 0. The molecule has 0 radical (unpaired) electrons. The van der Waals surface area contributed by atoms with Gasteiger partial charge in [-0.05, 0) is 0 Å². The third kappa shape index (κ3) is 41.7. The zero-order chi connectivity index (χ0) is 5.45. The van der Waals surface area contributed by atoms with Crippen molar-refractivity contribution in [1.82, 2.24) is 0 Å². The second-order valence-corrected chi connectivity index (χ2v) is 35.1. The molecular formula is Cl5IrK. The molecule has 0 bridgehead atoms. The number of halogens is 5. The van der Waals surface area contributed by atoms with Crippen molar-refractivity contribution in [1.29, 1.82) is 0 Å².